The van der Waals surface area contributed by atoms with Crippen molar-refractivity contribution in [2.75, 3.05) is 11.4 Å². The standard InChI is InChI=1S/C14H14N2O4/c1-10-4-2-3-5-11(10)16(9-7-13(17)18)14(19)12-6-8-15-20-12/h2-6,8H,7,9H2,1H3,(H,17,18). The third-order valence-corrected chi connectivity index (χ3v) is 2.85. The minimum absolute atomic E-state index is 0.0692. The summed E-state index contributed by atoms with van der Waals surface area (Å²) in [6.07, 6.45) is 1.23. The van der Waals surface area contributed by atoms with E-state index in [-0.39, 0.29) is 18.7 Å². The van der Waals surface area contributed by atoms with E-state index in [1.807, 2.05) is 19.1 Å². The van der Waals surface area contributed by atoms with E-state index in [2.05, 4.69) is 5.16 Å². The summed E-state index contributed by atoms with van der Waals surface area (Å²) in [6, 6.07) is 8.73. The Hall–Kier alpha value is -2.63. The van der Waals surface area contributed by atoms with Crippen LogP contribution in [0, 0.1) is 6.92 Å². The molecule has 0 spiro atoms. The van der Waals surface area contributed by atoms with Gasteiger partial charge in [-0.1, -0.05) is 23.4 Å². The molecule has 0 fully saturated rings. The molecule has 0 atom stereocenters. The van der Waals surface area contributed by atoms with Gasteiger partial charge in [0.15, 0.2) is 0 Å². The Morgan fingerprint density at radius 2 is 2.05 bits per heavy atom. The molecule has 0 aliphatic rings. The molecule has 0 unspecified atom stereocenters. The minimum atomic E-state index is -0.964. The first-order chi connectivity index (χ1) is 9.59. The van der Waals surface area contributed by atoms with Crippen molar-refractivity contribution in [2.24, 2.45) is 0 Å². The second-order valence-corrected chi connectivity index (χ2v) is 4.26. The Kier molecular flexibility index (Phi) is 4.14. The zero-order valence-corrected chi connectivity index (χ0v) is 10.9. The molecule has 0 saturated heterocycles. The molecule has 0 aliphatic carbocycles. The van der Waals surface area contributed by atoms with Crippen LogP contribution >= 0.6 is 0 Å². The normalized spacial score (nSPS) is 10.2. The van der Waals surface area contributed by atoms with Crippen LogP contribution in [-0.4, -0.2) is 28.7 Å². The molecule has 20 heavy (non-hydrogen) atoms. The molecule has 6 nitrogen and oxygen atoms in total. The molecule has 0 bridgehead atoms. The summed E-state index contributed by atoms with van der Waals surface area (Å²) < 4.78 is 4.86. The van der Waals surface area contributed by atoms with Crippen molar-refractivity contribution >= 4 is 17.6 Å². The molecule has 0 aliphatic heterocycles. The number of para-hydroxylation sites is 1. The fraction of sp³-hybridized carbons (Fsp3) is 0.214. The predicted molar refractivity (Wildman–Crippen MR) is 71.6 cm³/mol. The summed E-state index contributed by atoms with van der Waals surface area (Å²) in [5.74, 6) is -1.29. The number of carbonyl (C=O) groups excluding carboxylic acids is 1. The molecule has 1 amide bonds. The second-order valence-electron chi connectivity index (χ2n) is 4.26. The Morgan fingerprint density at radius 3 is 2.65 bits per heavy atom. The molecular formula is C14H14N2O4. The number of anilines is 1. The van der Waals surface area contributed by atoms with Crippen LogP contribution in [0.1, 0.15) is 22.5 Å². The molecule has 1 N–H and O–H groups in total. The van der Waals surface area contributed by atoms with Crippen LogP contribution in [0.5, 0.6) is 0 Å². The van der Waals surface area contributed by atoms with Crippen molar-refractivity contribution in [1.29, 1.82) is 0 Å². The largest absolute Gasteiger partial charge is 0.481 e. The molecule has 0 saturated carbocycles. The number of aliphatic carboxylic acids is 1. The van der Waals surface area contributed by atoms with E-state index in [4.69, 9.17) is 9.63 Å². The third kappa shape index (κ3) is 3.03. The average Bonchev–Trinajstić information content (AvgIpc) is 2.94. The highest BCUT2D eigenvalue weighted by molar-refractivity contribution is 6.04. The van der Waals surface area contributed by atoms with Gasteiger partial charge in [0.2, 0.25) is 5.76 Å². The zero-order chi connectivity index (χ0) is 14.5. The van der Waals surface area contributed by atoms with Crippen molar-refractivity contribution in [1.82, 2.24) is 5.16 Å². The highest BCUT2D eigenvalue weighted by Crippen LogP contribution is 2.21. The van der Waals surface area contributed by atoms with Gasteiger partial charge in [-0.15, -0.1) is 0 Å². The van der Waals surface area contributed by atoms with Gasteiger partial charge in [-0.25, -0.2) is 0 Å². The van der Waals surface area contributed by atoms with Crippen LogP contribution in [-0.2, 0) is 4.79 Å². The summed E-state index contributed by atoms with van der Waals surface area (Å²) >= 11 is 0. The van der Waals surface area contributed by atoms with Crippen LogP contribution in [0.25, 0.3) is 0 Å². The molecule has 1 aromatic carbocycles. The Balaban J connectivity index is 2.32. The molecule has 6 heteroatoms. The first-order valence-corrected chi connectivity index (χ1v) is 6.09. The Bertz CT molecular complexity index is 607. The van der Waals surface area contributed by atoms with Crippen molar-refractivity contribution in [3.8, 4) is 0 Å². The third-order valence-electron chi connectivity index (χ3n) is 2.85. The maximum Gasteiger partial charge on any atom is 0.305 e. The van der Waals surface area contributed by atoms with Gasteiger partial charge in [-0.2, -0.15) is 0 Å². The van der Waals surface area contributed by atoms with E-state index in [0.717, 1.165) is 5.56 Å². The van der Waals surface area contributed by atoms with Gasteiger partial charge < -0.3 is 14.5 Å². The number of carbonyl (C=O) groups is 2. The van der Waals surface area contributed by atoms with Crippen molar-refractivity contribution < 1.29 is 19.2 Å². The number of benzene rings is 1. The molecule has 2 aromatic rings. The van der Waals surface area contributed by atoms with Gasteiger partial charge in [0.1, 0.15) is 0 Å². The smallest absolute Gasteiger partial charge is 0.305 e. The fourth-order valence-electron chi connectivity index (χ4n) is 1.86. The van der Waals surface area contributed by atoms with E-state index >= 15 is 0 Å². The minimum Gasteiger partial charge on any atom is -0.481 e. The number of hydrogen-bond donors (Lipinski definition) is 1. The van der Waals surface area contributed by atoms with E-state index < -0.39 is 11.9 Å². The number of carboxylic acids is 1. The van der Waals surface area contributed by atoms with E-state index in [1.165, 1.54) is 17.2 Å². The van der Waals surface area contributed by atoms with Crippen LogP contribution in [0.2, 0.25) is 0 Å². The molecule has 104 valence electrons. The Labute approximate surface area is 115 Å². The lowest BCUT2D eigenvalue weighted by Crippen LogP contribution is -2.33. The number of rotatable bonds is 5. The first-order valence-electron chi connectivity index (χ1n) is 6.09. The maximum absolute atomic E-state index is 12.4. The number of nitrogens with zero attached hydrogens (tertiary/aromatic N) is 2. The van der Waals surface area contributed by atoms with E-state index in [0.29, 0.717) is 5.69 Å². The second kappa shape index (κ2) is 6.01. The summed E-state index contributed by atoms with van der Waals surface area (Å²) in [5.41, 5.74) is 1.54. The number of carboxylic acid groups (broad SMARTS) is 1. The monoisotopic (exact) mass is 274 g/mol. The fourth-order valence-corrected chi connectivity index (χ4v) is 1.86. The SMILES string of the molecule is Cc1ccccc1N(CCC(=O)O)C(=O)c1ccno1. The summed E-state index contributed by atoms with van der Waals surface area (Å²) in [6.45, 7) is 1.93. The maximum atomic E-state index is 12.4. The van der Waals surface area contributed by atoms with E-state index in [9.17, 15) is 9.59 Å². The van der Waals surface area contributed by atoms with Gasteiger partial charge in [-0.3, -0.25) is 9.59 Å². The quantitative estimate of drug-likeness (QED) is 0.902. The van der Waals surface area contributed by atoms with Crippen LogP contribution in [0.4, 0.5) is 5.69 Å². The first kappa shape index (κ1) is 13.8. The van der Waals surface area contributed by atoms with Crippen LogP contribution < -0.4 is 4.90 Å². The van der Waals surface area contributed by atoms with Gasteiger partial charge in [-0.05, 0) is 18.6 Å². The summed E-state index contributed by atoms with van der Waals surface area (Å²) in [4.78, 5) is 24.5. The number of aromatic nitrogens is 1. The Morgan fingerprint density at radius 1 is 1.30 bits per heavy atom. The summed E-state index contributed by atoms with van der Waals surface area (Å²) in [7, 11) is 0. The van der Waals surface area contributed by atoms with Gasteiger partial charge >= 0.3 is 5.97 Å². The van der Waals surface area contributed by atoms with Crippen LogP contribution in [0.15, 0.2) is 41.1 Å². The lowest BCUT2D eigenvalue weighted by molar-refractivity contribution is -0.136. The van der Waals surface area contributed by atoms with Crippen molar-refractivity contribution in [2.45, 2.75) is 13.3 Å². The molecule has 1 heterocycles. The molecule has 2 rings (SSSR count). The topological polar surface area (TPSA) is 83.6 Å². The summed E-state index contributed by atoms with van der Waals surface area (Å²) in [5, 5.41) is 12.3. The van der Waals surface area contributed by atoms with Gasteiger partial charge in [0.25, 0.3) is 5.91 Å². The predicted octanol–water partition coefficient (Wildman–Crippen LogP) is 2.10. The number of hydrogen-bond acceptors (Lipinski definition) is 4. The van der Waals surface area contributed by atoms with Crippen LogP contribution in [0.3, 0.4) is 0 Å². The zero-order valence-electron chi connectivity index (χ0n) is 10.9. The van der Waals surface area contributed by atoms with Crippen molar-refractivity contribution in [3.63, 3.8) is 0 Å². The average molecular weight is 274 g/mol. The van der Waals surface area contributed by atoms with E-state index in [1.54, 1.807) is 12.1 Å². The number of amides is 1. The molecular weight excluding hydrogens is 260 g/mol. The highest BCUT2D eigenvalue weighted by Gasteiger charge is 2.22. The van der Waals surface area contributed by atoms with Crippen molar-refractivity contribution in [3.05, 3.63) is 47.9 Å². The lowest BCUT2D eigenvalue weighted by Gasteiger charge is -2.22. The lowest BCUT2D eigenvalue weighted by atomic mass is 10.1. The number of aryl methyl sites for hydroxylation is 1. The molecule has 0 radical (unpaired) electrons. The van der Waals surface area contributed by atoms with Gasteiger partial charge in [0.05, 0.1) is 12.6 Å². The highest BCUT2D eigenvalue weighted by atomic mass is 16.5. The van der Waals surface area contributed by atoms with Gasteiger partial charge in [0, 0.05) is 18.3 Å². The molecule has 1 aromatic heterocycles.